The molecule has 2 rings (SSSR count). The standard InChI is InChI=1S/C12H16FNO3S/c13-11-5-4-10(8-15)12(6-11)18(16,17)14-7-9-2-1-3-9/h4-6,9,14-15H,1-3,7-8H2. The van der Waals surface area contributed by atoms with Crippen molar-refractivity contribution in [3.8, 4) is 0 Å². The second-order valence-electron chi connectivity index (χ2n) is 4.56. The summed E-state index contributed by atoms with van der Waals surface area (Å²) < 4.78 is 39.6. The van der Waals surface area contributed by atoms with E-state index < -0.39 is 22.4 Å². The first-order chi connectivity index (χ1) is 8.53. The molecule has 100 valence electrons. The molecular weight excluding hydrogens is 257 g/mol. The smallest absolute Gasteiger partial charge is 0.241 e. The van der Waals surface area contributed by atoms with Crippen LogP contribution >= 0.6 is 0 Å². The summed E-state index contributed by atoms with van der Waals surface area (Å²) in [6, 6.07) is 3.36. The molecule has 2 N–H and O–H groups in total. The fraction of sp³-hybridized carbons (Fsp3) is 0.500. The average Bonchev–Trinajstić information content (AvgIpc) is 2.26. The number of hydrogen-bond acceptors (Lipinski definition) is 3. The zero-order valence-electron chi connectivity index (χ0n) is 9.89. The summed E-state index contributed by atoms with van der Waals surface area (Å²) in [7, 11) is -3.75. The van der Waals surface area contributed by atoms with Gasteiger partial charge in [-0.15, -0.1) is 0 Å². The van der Waals surface area contributed by atoms with E-state index in [2.05, 4.69) is 4.72 Å². The van der Waals surface area contributed by atoms with E-state index in [1.54, 1.807) is 0 Å². The van der Waals surface area contributed by atoms with Gasteiger partial charge in [0.15, 0.2) is 0 Å². The molecule has 0 unspecified atom stereocenters. The Labute approximate surface area is 106 Å². The number of benzene rings is 1. The highest BCUT2D eigenvalue weighted by Crippen LogP contribution is 2.26. The second kappa shape index (κ2) is 5.34. The van der Waals surface area contributed by atoms with Crippen molar-refractivity contribution < 1.29 is 17.9 Å². The molecule has 1 fully saturated rings. The first-order valence-electron chi connectivity index (χ1n) is 5.92. The van der Waals surface area contributed by atoms with Crippen LogP contribution in [0.3, 0.4) is 0 Å². The van der Waals surface area contributed by atoms with E-state index in [1.165, 1.54) is 6.07 Å². The normalized spacial score (nSPS) is 16.6. The first kappa shape index (κ1) is 13.5. The van der Waals surface area contributed by atoms with Gasteiger partial charge < -0.3 is 5.11 Å². The monoisotopic (exact) mass is 273 g/mol. The van der Waals surface area contributed by atoms with Crippen molar-refractivity contribution in [2.45, 2.75) is 30.8 Å². The van der Waals surface area contributed by atoms with E-state index in [9.17, 15) is 12.8 Å². The van der Waals surface area contributed by atoms with E-state index in [4.69, 9.17) is 5.11 Å². The maximum atomic E-state index is 13.1. The number of halogens is 1. The Morgan fingerprint density at radius 2 is 2.11 bits per heavy atom. The minimum Gasteiger partial charge on any atom is -0.392 e. The summed E-state index contributed by atoms with van der Waals surface area (Å²) in [6.07, 6.45) is 3.19. The maximum Gasteiger partial charge on any atom is 0.241 e. The minimum atomic E-state index is -3.75. The van der Waals surface area contributed by atoms with E-state index in [-0.39, 0.29) is 10.5 Å². The predicted octanol–water partition coefficient (Wildman–Crippen LogP) is 1.40. The second-order valence-corrected chi connectivity index (χ2v) is 6.29. The van der Waals surface area contributed by atoms with Crippen molar-refractivity contribution in [2.24, 2.45) is 5.92 Å². The van der Waals surface area contributed by atoms with Gasteiger partial charge in [0.05, 0.1) is 11.5 Å². The van der Waals surface area contributed by atoms with Crippen LogP contribution in [0.2, 0.25) is 0 Å². The summed E-state index contributed by atoms with van der Waals surface area (Å²) in [6.45, 7) is -0.0519. The van der Waals surface area contributed by atoms with Crippen LogP contribution in [-0.4, -0.2) is 20.1 Å². The Balaban J connectivity index is 2.19. The molecule has 0 amide bonds. The molecule has 4 nitrogen and oxygen atoms in total. The topological polar surface area (TPSA) is 66.4 Å². The SMILES string of the molecule is O=S(=O)(NCC1CCC1)c1cc(F)ccc1CO. The molecular formula is C12H16FNO3S. The van der Waals surface area contributed by atoms with E-state index in [1.807, 2.05) is 0 Å². The lowest BCUT2D eigenvalue weighted by Crippen LogP contribution is -2.32. The lowest BCUT2D eigenvalue weighted by molar-refractivity contribution is 0.278. The van der Waals surface area contributed by atoms with E-state index in [0.29, 0.717) is 12.5 Å². The number of aliphatic hydroxyl groups excluding tert-OH is 1. The van der Waals surface area contributed by atoms with Crippen LogP contribution in [0.1, 0.15) is 24.8 Å². The van der Waals surface area contributed by atoms with Crippen LogP contribution in [0.25, 0.3) is 0 Å². The van der Waals surface area contributed by atoms with Crippen molar-refractivity contribution in [3.05, 3.63) is 29.6 Å². The van der Waals surface area contributed by atoms with Crippen LogP contribution < -0.4 is 4.72 Å². The largest absolute Gasteiger partial charge is 0.392 e. The summed E-state index contributed by atoms with van der Waals surface area (Å²) in [5, 5.41) is 9.09. The highest BCUT2D eigenvalue weighted by molar-refractivity contribution is 7.89. The number of rotatable bonds is 5. The fourth-order valence-electron chi connectivity index (χ4n) is 1.91. The molecule has 0 bridgehead atoms. The van der Waals surface area contributed by atoms with Crippen molar-refractivity contribution in [1.82, 2.24) is 4.72 Å². The van der Waals surface area contributed by atoms with Gasteiger partial charge in [-0.3, -0.25) is 0 Å². The summed E-state index contributed by atoms with van der Waals surface area (Å²) >= 11 is 0. The van der Waals surface area contributed by atoms with Crippen molar-refractivity contribution in [3.63, 3.8) is 0 Å². The average molecular weight is 273 g/mol. The summed E-state index contributed by atoms with van der Waals surface area (Å²) in [4.78, 5) is -0.177. The zero-order valence-corrected chi connectivity index (χ0v) is 10.7. The molecule has 0 heterocycles. The lowest BCUT2D eigenvalue weighted by atomic mass is 9.86. The predicted molar refractivity (Wildman–Crippen MR) is 64.9 cm³/mol. The van der Waals surface area contributed by atoms with Crippen molar-refractivity contribution in [2.75, 3.05) is 6.54 Å². The molecule has 0 saturated heterocycles. The summed E-state index contributed by atoms with van der Waals surface area (Å²) in [5.74, 6) is -0.248. The third kappa shape index (κ3) is 2.88. The third-order valence-corrected chi connectivity index (χ3v) is 4.78. The Bertz CT molecular complexity index is 526. The van der Waals surface area contributed by atoms with Gasteiger partial charge in [-0.25, -0.2) is 17.5 Å². The van der Waals surface area contributed by atoms with Crippen molar-refractivity contribution >= 4 is 10.0 Å². The van der Waals surface area contributed by atoms with E-state index in [0.717, 1.165) is 31.4 Å². The lowest BCUT2D eigenvalue weighted by Gasteiger charge is -2.25. The van der Waals surface area contributed by atoms with Crippen LogP contribution in [0.4, 0.5) is 4.39 Å². The molecule has 0 aromatic heterocycles. The highest BCUT2D eigenvalue weighted by Gasteiger charge is 2.23. The zero-order chi connectivity index (χ0) is 13.2. The fourth-order valence-corrected chi connectivity index (χ4v) is 3.27. The highest BCUT2D eigenvalue weighted by atomic mass is 32.2. The van der Waals surface area contributed by atoms with E-state index >= 15 is 0 Å². The van der Waals surface area contributed by atoms with Gasteiger partial charge >= 0.3 is 0 Å². The van der Waals surface area contributed by atoms with Gasteiger partial charge in [0.25, 0.3) is 0 Å². The molecule has 0 aliphatic heterocycles. The summed E-state index contributed by atoms with van der Waals surface area (Å²) in [5.41, 5.74) is 0.206. The maximum absolute atomic E-state index is 13.1. The van der Waals surface area contributed by atoms with Gasteiger partial charge in [0.2, 0.25) is 10.0 Å². The minimum absolute atomic E-state index is 0.177. The number of hydrogen-bond donors (Lipinski definition) is 2. The molecule has 6 heteroatoms. The Morgan fingerprint density at radius 3 is 2.67 bits per heavy atom. The molecule has 1 aliphatic rings. The molecule has 1 aromatic rings. The Hall–Kier alpha value is -0.980. The Morgan fingerprint density at radius 1 is 1.39 bits per heavy atom. The van der Waals surface area contributed by atoms with Crippen LogP contribution in [0.5, 0.6) is 0 Å². The quantitative estimate of drug-likeness (QED) is 0.852. The molecule has 0 atom stereocenters. The molecule has 0 spiro atoms. The molecule has 0 radical (unpaired) electrons. The van der Waals surface area contributed by atoms with Gasteiger partial charge in [-0.1, -0.05) is 12.5 Å². The number of sulfonamides is 1. The molecule has 1 aromatic carbocycles. The Kier molecular flexibility index (Phi) is 3.99. The van der Waals surface area contributed by atoms with Crippen molar-refractivity contribution in [1.29, 1.82) is 0 Å². The van der Waals surface area contributed by atoms with Crippen LogP contribution in [0.15, 0.2) is 23.1 Å². The van der Waals surface area contributed by atoms with Crippen LogP contribution in [0, 0.1) is 11.7 Å². The number of nitrogens with one attached hydrogen (secondary N) is 1. The van der Waals surface area contributed by atoms with Gasteiger partial charge in [0.1, 0.15) is 5.82 Å². The molecule has 1 saturated carbocycles. The van der Waals surface area contributed by atoms with Gasteiger partial charge in [-0.05, 0) is 36.5 Å². The first-order valence-corrected chi connectivity index (χ1v) is 7.40. The van der Waals surface area contributed by atoms with Gasteiger partial charge in [0, 0.05) is 6.54 Å². The number of aliphatic hydroxyl groups is 1. The molecule has 1 aliphatic carbocycles. The molecule has 18 heavy (non-hydrogen) atoms. The van der Waals surface area contributed by atoms with Gasteiger partial charge in [-0.2, -0.15) is 0 Å². The third-order valence-electron chi connectivity index (χ3n) is 3.28. The van der Waals surface area contributed by atoms with Crippen LogP contribution in [-0.2, 0) is 16.6 Å².